The molecule has 0 aliphatic heterocycles. The highest BCUT2D eigenvalue weighted by atomic mass is 16.2. The molecule has 4 aromatic rings. The summed E-state index contributed by atoms with van der Waals surface area (Å²) in [6.07, 6.45) is 2.66. The number of H-pyrrole nitrogens is 1. The van der Waals surface area contributed by atoms with E-state index in [0.717, 1.165) is 17.5 Å². The molecule has 7 nitrogen and oxygen atoms in total. The van der Waals surface area contributed by atoms with Gasteiger partial charge in [0.15, 0.2) is 0 Å². The number of rotatable bonds is 3. The van der Waals surface area contributed by atoms with E-state index in [0.29, 0.717) is 23.4 Å². The first kappa shape index (κ1) is 14.5. The van der Waals surface area contributed by atoms with Gasteiger partial charge in [0, 0.05) is 25.4 Å². The van der Waals surface area contributed by atoms with Crippen molar-refractivity contribution in [2.45, 2.75) is 19.9 Å². The maximum atomic E-state index is 13.0. The van der Waals surface area contributed by atoms with Gasteiger partial charge in [-0.15, -0.1) is 5.10 Å². The number of hydrogen-bond donors (Lipinski definition) is 1. The Bertz CT molecular complexity index is 1160. The van der Waals surface area contributed by atoms with E-state index < -0.39 is 0 Å². The number of nitrogens with zero attached hydrogens (tertiary/aromatic N) is 4. The average Bonchev–Trinajstić information content (AvgIpc) is 3.13. The first-order chi connectivity index (χ1) is 11.6. The van der Waals surface area contributed by atoms with Gasteiger partial charge < -0.3 is 4.57 Å². The van der Waals surface area contributed by atoms with Crippen LogP contribution < -0.4 is 11.2 Å². The van der Waals surface area contributed by atoms with Gasteiger partial charge in [-0.1, -0.05) is 37.3 Å². The number of fused-ring (bicyclic) bond motifs is 3. The number of aromatic amines is 1. The van der Waals surface area contributed by atoms with Crippen molar-refractivity contribution in [3.8, 4) is 11.1 Å². The van der Waals surface area contributed by atoms with Crippen molar-refractivity contribution in [2.24, 2.45) is 7.05 Å². The minimum Gasteiger partial charge on any atom is -0.344 e. The van der Waals surface area contributed by atoms with Crippen LogP contribution in [0.4, 0.5) is 0 Å². The fraction of sp³-hybridized carbons (Fsp3) is 0.235. The normalized spacial score (nSPS) is 11.6. The molecule has 0 fully saturated rings. The van der Waals surface area contributed by atoms with Gasteiger partial charge >= 0.3 is 5.69 Å². The lowest BCUT2D eigenvalue weighted by Crippen LogP contribution is -2.26. The summed E-state index contributed by atoms with van der Waals surface area (Å²) in [5.74, 6) is 0.350. The highest BCUT2D eigenvalue weighted by molar-refractivity contribution is 5.94. The molecule has 0 atom stereocenters. The van der Waals surface area contributed by atoms with Crippen LogP contribution in [0.2, 0.25) is 0 Å². The minimum atomic E-state index is -0.344. The monoisotopic (exact) mass is 323 g/mol. The van der Waals surface area contributed by atoms with E-state index in [1.807, 2.05) is 50.5 Å². The van der Waals surface area contributed by atoms with Gasteiger partial charge in [-0.05, 0) is 12.0 Å². The molecule has 1 N–H and O–H groups in total. The molecule has 122 valence electrons. The van der Waals surface area contributed by atoms with Crippen molar-refractivity contribution >= 4 is 16.8 Å². The molecule has 7 heteroatoms. The second-order valence-corrected chi connectivity index (χ2v) is 5.84. The quantitative estimate of drug-likeness (QED) is 0.624. The van der Waals surface area contributed by atoms with Crippen molar-refractivity contribution in [3.05, 3.63) is 57.4 Å². The van der Waals surface area contributed by atoms with E-state index in [2.05, 4.69) is 10.2 Å². The molecule has 0 spiro atoms. The molecule has 0 aliphatic carbocycles. The van der Waals surface area contributed by atoms with E-state index >= 15 is 0 Å². The van der Waals surface area contributed by atoms with E-state index in [1.54, 1.807) is 9.13 Å². The summed E-state index contributed by atoms with van der Waals surface area (Å²) in [7, 11) is 1.82. The zero-order valence-electron chi connectivity index (χ0n) is 13.5. The summed E-state index contributed by atoms with van der Waals surface area (Å²) in [4.78, 5) is 25.4. The SMILES string of the molecule is CCCn1c(=O)c2c(c(-c3ccccc3)cn2C)n2c(=O)[nH]nc12. The Morgan fingerprint density at radius 2 is 1.88 bits per heavy atom. The highest BCUT2D eigenvalue weighted by Gasteiger charge is 2.20. The summed E-state index contributed by atoms with van der Waals surface area (Å²) in [5, 5.41) is 6.54. The third kappa shape index (κ3) is 1.87. The van der Waals surface area contributed by atoms with Crippen LogP contribution >= 0.6 is 0 Å². The van der Waals surface area contributed by atoms with Crippen molar-refractivity contribution in [1.29, 1.82) is 0 Å². The standard InChI is InChI=1S/C17H17N5O2/c1-3-9-21-15(23)14-13(22-16(21)18-19-17(22)24)12(10-20(14)2)11-7-5-4-6-8-11/h4-8,10H,3,9H2,1-2H3,(H,19,24). The predicted molar refractivity (Wildman–Crippen MR) is 92.3 cm³/mol. The molecule has 24 heavy (non-hydrogen) atoms. The van der Waals surface area contributed by atoms with Crippen molar-refractivity contribution < 1.29 is 0 Å². The summed E-state index contributed by atoms with van der Waals surface area (Å²) >= 11 is 0. The van der Waals surface area contributed by atoms with Crippen LogP contribution in [0.15, 0.2) is 46.1 Å². The van der Waals surface area contributed by atoms with Crippen LogP contribution in [0.1, 0.15) is 13.3 Å². The summed E-state index contributed by atoms with van der Waals surface area (Å²) in [5.41, 5.74) is 2.40. The lowest BCUT2D eigenvalue weighted by atomic mass is 10.1. The van der Waals surface area contributed by atoms with E-state index in [9.17, 15) is 9.59 Å². The Morgan fingerprint density at radius 3 is 2.58 bits per heavy atom. The lowest BCUT2D eigenvalue weighted by molar-refractivity contribution is 0.659. The third-order valence-electron chi connectivity index (χ3n) is 4.25. The molecule has 0 saturated heterocycles. The summed E-state index contributed by atoms with van der Waals surface area (Å²) in [6.45, 7) is 2.49. The fourth-order valence-corrected chi connectivity index (χ4v) is 3.24. The smallest absolute Gasteiger partial charge is 0.344 e. The Kier molecular flexibility index (Phi) is 3.16. The maximum absolute atomic E-state index is 13.0. The van der Waals surface area contributed by atoms with Crippen LogP contribution in [0.3, 0.4) is 0 Å². The first-order valence-electron chi connectivity index (χ1n) is 7.88. The second kappa shape index (κ2) is 5.23. The summed E-state index contributed by atoms with van der Waals surface area (Å²) in [6, 6.07) is 9.72. The van der Waals surface area contributed by atoms with Crippen LogP contribution in [0.5, 0.6) is 0 Å². The number of nitrogens with one attached hydrogen (secondary N) is 1. The number of hydrogen-bond acceptors (Lipinski definition) is 3. The molecule has 0 amide bonds. The third-order valence-corrected chi connectivity index (χ3v) is 4.25. The Morgan fingerprint density at radius 1 is 1.12 bits per heavy atom. The molecule has 0 aliphatic rings. The van der Waals surface area contributed by atoms with Gasteiger partial charge in [-0.3, -0.25) is 9.36 Å². The van der Waals surface area contributed by atoms with Gasteiger partial charge in [-0.25, -0.2) is 14.3 Å². The topological polar surface area (TPSA) is 77.1 Å². The molecule has 4 rings (SSSR count). The van der Waals surface area contributed by atoms with Gasteiger partial charge in [0.05, 0.1) is 5.52 Å². The maximum Gasteiger partial charge on any atom is 0.349 e. The van der Waals surface area contributed by atoms with Gasteiger partial charge in [0.1, 0.15) is 5.52 Å². The van der Waals surface area contributed by atoms with E-state index in [-0.39, 0.29) is 11.2 Å². The second-order valence-electron chi connectivity index (χ2n) is 5.84. The largest absolute Gasteiger partial charge is 0.349 e. The molecule has 0 saturated carbocycles. The number of benzene rings is 1. The van der Waals surface area contributed by atoms with Gasteiger partial charge in [0.2, 0.25) is 5.78 Å². The zero-order valence-corrected chi connectivity index (χ0v) is 13.5. The molecule has 0 bridgehead atoms. The molecular formula is C17H17N5O2. The van der Waals surface area contributed by atoms with Crippen LogP contribution in [-0.4, -0.2) is 23.7 Å². The molecule has 0 unspecified atom stereocenters. The minimum absolute atomic E-state index is 0.136. The summed E-state index contributed by atoms with van der Waals surface area (Å²) < 4.78 is 4.83. The van der Waals surface area contributed by atoms with Gasteiger partial charge in [-0.2, -0.15) is 0 Å². The number of aryl methyl sites for hydroxylation is 2. The van der Waals surface area contributed by atoms with Crippen molar-refractivity contribution in [3.63, 3.8) is 0 Å². The number of aromatic nitrogens is 5. The molecule has 0 radical (unpaired) electrons. The van der Waals surface area contributed by atoms with Crippen molar-refractivity contribution in [2.75, 3.05) is 0 Å². The van der Waals surface area contributed by atoms with Gasteiger partial charge in [0.25, 0.3) is 5.56 Å². The fourth-order valence-electron chi connectivity index (χ4n) is 3.24. The predicted octanol–water partition coefficient (Wildman–Crippen LogP) is 1.75. The van der Waals surface area contributed by atoms with Crippen LogP contribution in [-0.2, 0) is 13.6 Å². The Labute approximate surface area is 136 Å². The first-order valence-corrected chi connectivity index (χ1v) is 7.88. The lowest BCUT2D eigenvalue weighted by Gasteiger charge is -2.08. The Balaban J connectivity index is 2.26. The molecule has 1 aromatic carbocycles. The Hall–Kier alpha value is -3.09. The molecule has 3 aromatic heterocycles. The molecular weight excluding hydrogens is 306 g/mol. The highest BCUT2D eigenvalue weighted by Crippen LogP contribution is 2.28. The van der Waals surface area contributed by atoms with Crippen LogP contribution in [0.25, 0.3) is 27.9 Å². The average molecular weight is 323 g/mol. The molecule has 3 heterocycles. The van der Waals surface area contributed by atoms with E-state index in [4.69, 9.17) is 0 Å². The van der Waals surface area contributed by atoms with Crippen LogP contribution in [0, 0.1) is 0 Å². The zero-order chi connectivity index (χ0) is 16.8. The van der Waals surface area contributed by atoms with E-state index in [1.165, 1.54) is 4.40 Å². The van der Waals surface area contributed by atoms with Crippen molar-refractivity contribution in [1.82, 2.24) is 23.7 Å².